The number of amides is 1. The van der Waals surface area contributed by atoms with E-state index in [9.17, 15) is 4.79 Å². The number of ether oxygens (including phenoxy) is 3. The number of pyridine rings is 1. The van der Waals surface area contributed by atoms with E-state index in [1.54, 1.807) is 14.2 Å². The average molecular weight is 324 g/mol. The Morgan fingerprint density at radius 3 is 2.43 bits per heavy atom. The van der Waals surface area contributed by atoms with Gasteiger partial charge in [0.15, 0.2) is 0 Å². The lowest BCUT2D eigenvalue weighted by Gasteiger charge is -2.23. The second-order valence-corrected chi connectivity index (χ2v) is 6.42. The molecule has 0 spiro atoms. The van der Waals surface area contributed by atoms with Crippen molar-refractivity contribution in [1.82, 2.24) is 10.3 Å². The van der Waals surface area contributed by atoms with Crippen LogP contribution in [0.2, 0.25) is 0 Å². The average Bonchev–Trinajstić information content (AvgIpc) is 2.45. The highest BCUT2D eigenvalue weighted by molar-refractivity contribution is 5.68. The molecule has 0 radical (unpaired) electrons. The zero-order valence-corrected chi connectivity index (χ0v) is 15.1. The van der Waals surface area contributed by atoms with Crippen molar-refractivity contribution in [1.29, 1.82) is 0 Å². The molecule has 1 aromatic rings. The van der Waals surface area contributed by atoms with Gasteiger partial charge in [-0.3, -0.25) is 0 Å². The van der Waals surface area contributed by atoms with E-state index in [2.05, 4.69) is 10.3 Å². The Bertz CT molecular complexity index is 538. The van der Waals surface area contributed by atoms with E-state index in [4.69, 9.17) is 14.2 Å². The van der Waals surface area contributed by atoms with Gasteiger partial charge in [0.25, 0.3) is 0 Å². The van der Waals surface area contributed by atoms with Gasteiger partial charge in [-0.2, -0.15) is 0 Å². The fraction of sp³-hybridized carbons (Fsp3) is 0.647. The number of rotatable bonds is 6. The molecule has 0 saturated carbocycles. The Hall–Kier alpha value is -1.98. The maximum Gasteiger partial charge on any atom is 0.407 e. The molecule has 1 rings (SSSR count). The van der Waals surface area contributed by atoms with Crippen molar-refractivity contribution in [2.24, 2.45) is 0 Å². The number of aromatic nitrogens is 1. The SMILES string of the molecule is CCC(Cc1nc(OC)c(C)cc1OC)NC(=O)OC(C)(C)C. The standard InChI is InChI=1S/C17H28N2O4/c1-8-12(18-16(20)23-17(3,4)5)10-13-14(21-6)9-11(2)15(19-13)22-7/h9,12H,8,10H2,1-7H3,(H,18,20). The van der Waals surface area contributed by atoms with Crippen LogP contribution in [0, 0.1) is 6.92 Å². The molecule has 6 heteroatoms. The number of alkyl carbamates (subject to hydrolysis) is 1. The maximum absolute atomic E-state index is 11.9. The Morgan fingerprint density at radius 2 is 1.96 bits per heavy atom. The smallest absolute Gasteiger partial charge is 0.407 e. The predicted molar refractivity (Wildman–Crippen MR) is 89.2 cm³/mol. The van der Waals surface area contributed by atoms with Gasteiger partial charge in [0.1, 0.15) is 11.4 Å². The molecule has 0 aliphatic rings. The van der Waals surface area contributed by atoms with E-state index >= 15 is 0 Å². The van der Waals surface area contributed by atoms with Crippen LogP contribution in [0.3, 0.4) is 0 Å². The van der Waals surface area contributed by atoms with Crippen molar-refractivity contribution in [2.45, 2.75) is 59.1 Å². The Balaban J connectivity index is 2.88. The maximum atomic E-state index is 11.9. The molecular formula is C17H28N2O4. The summed E-state index contributed by atoms with van der Waals surface area (Å²) < 4.78 is 16.0. The molecule has 0 aromatic carbocycles. The molecule has 1 unspecified atom stereocenters. The molecule has 1 N–H and O–H groups in total. The summed E-state index contributed by atoms with van der Waals surface area (Å²) in [4.78, 5) is 16.4. The van der Waals surface area contributed by atoms with E-state index in [-0.39, 0.29) is 6.04 Å². The monoisotopic (exact) mass is 324 g/mol. The second kappa shape index (κ2) is 8.04. The van der Waals surface area contributed by atoms with Gasteiger partial charge in [-0.05, 0) is 40.2 Å². The highest BCUT2D eigenvalue weighted by Crippen LogP contribution is 2.26. The third-order valence-corrected chi connectivity index (χ3v) is 3.27. The summed E-state index contributed by atoms with van der Waals surface area (Å²) in [7, 11) is 3.19. The number of hydrogen-bond acceptors (Lipinski definition) is 5. The quantitative estimate of drug-likeness (QED) is 0.870. The topological polar surface area (TPSA) is 69.7 Å². The van der Waals surface area contributed by atoms with Gasteiger partial charge >= 0.3 is 6.09 Å². The first-order chi connectivity index (χ1) is 10.7. The molecule has 6 nitrogen and oxygen atoms in total. The van der Waals surface area contributed by atoms with Crippen LogP contribution in [0.5, 0.6) is 11.6 Å². The van der Waals surface area contributed by atoms with Crippen LogP contribution in [0.4, 0.5) is 4.79 Å². The fourth-order valence-electron chi connectivity index (χ4n) is 2.14. The molecule has 0 fully saturated rings. The van der Waals surface area contributed by atoms with Gasteiger partial charge in [0, 0.05) is 18.0 Å². The molecule has 0 aliphatic heterocycles. The van der Waals surface area contributed by atoms with Crippen LogP contribution >= 0.6 is 0 Å². The number of carbonyl (C=O) groups is 1. The van der Waals surface area contributed by atoms with Crippen LogP contribution in [0.25, 0.3) is 0 Å². The summed E-state index contributed by atoms with van der Waals surface area (Å²) in [5.74, 6) is 1.25. The molecule has 0 aliphatic carbocycles. The van der Waals surface area contributed by atoms with Gasteiger partial charge in [-0.25, -0.2) is 9.78 Å². The number of aryl methyl sites for hydroxylation is 1. The zero-order chi connectivity index (χ0) is 17.6. The highest BCUT2D eigenvalue weighted by atomic mass is 16.6. The van der Waals surface area contributed by atoms with E-state index in [1.165, 1.54) is 0 Å². The van der Waals surface area contributed by atoms with Crippen LogP contribution in [0.1, 0.15) is 45.4 Å². The molecule has 0 saturated heterocycles. The number of carbonyl (C=O) groups excluding carboxylic acids is 1. The van der Waals surface area contributed by atoms with Crippen LogP contribution in [-0.2, 0) is 11.2 Å². The van der Waals surface area contributed by atoms with Crippen LogP contribution in [0.15, 0.2) is 6.07 Å². The van der Waals surface area contributed by atoms with Gasteiger partial charge in [0.2, 0.25) is 5.88 Å². The van der Waals surface area contributed by atoms with Crippen molar-refractivity contribution < 1.29 is 19.0 Å². The van der Waals surface area contributed by atoms with Crippen molar-refractivity contribution in [3.63, 3.8) is 0 Å². The highest BCUT2D eigenvalue weighted by Gasteiger charge is 2.21. The van der Waals surface area contributed by atoms with E-state index in [0.717, 1.165) is 17.7 Å². The molecule has 1 aromatic heterocycles. The van der Waals surface area contributed by atoms with Crippen molar-refractivity contribution >= 4 is 6.09 Å². The number of hydrogen-bond donors (Lipinski definition) is 1. The third-order valence-electron chi connectivity index (χ3n) is 3.27. The normalized spacial score (nSPS) is 12.5. The largest absolute Gasteiger partial charge is 0.495 e. The molecule has 130 valence electrons. The van der Waals surface area contributed by atoms with Crippen molar-refractivity contribution in [2.75, 3.05) is 14.2 Å². The number of methoxy groups -OCH3 is 2. The molecule has 23 heavy (non-hydrogen) atoms. The number of nitrogens with one attached hydrogen (secondary N) is 1. The first kappa shape index (κ1) is 19.1. The minimum absolute atomic E-state index is 0.0985. The van der Waals surface area contributed by atoms with Gasteiger partial charge in [0.05, 0.1) is 19.9 Å². The molecular weight excluding hydrogens is 296 g/mol. The Morgan fingerprint density at radius 1 is 1.30 bits per heavy atom. The summed E-state index contributed by atoms with van der Waals surface area (Å²) in [5, 5.41) is 2.88. The molecule has 0 bridgehead atoms. The molecule has 1 atom stereocenters. The first-order valence-electron chi connectivity index (χ1n) is 7.78. The zero-order valence-electron chi connectivity index (χ0n) is 15.1. The summed E-state index contributed by atoms with van der Waals surface area (Å²) in [6.45, 7) is 9.42. The van der Waals surface area contributed by atoms with Gasteiger partial charge in [-0.15, -0.1) is 0 Å². The number of nitrogens with zero attached hydrogens (tertiary/aromatic N) is 1. The second-order valence-electron chi connectivity index (χ2n) is 6.42. The van der Waals surface area contributed by atoms with E-state index in [1.807, 2.05) is 40.7 Å². The third kappa shape index (κ3) is 5.96. The van der Waals surface area contributed by atoms with E-state index < -0.39 is 11.7 Å². The summed E-state index contributed by atoms with van der Waals surface area (Å²) in [6.07, 6.45) is 0.859. The minimum Gasteiger partial charge on any atom is -0.495 e. The molecule has 1 heterocycles. The summed E-state index contributed by atoms with van der Waals surface area (Å²) in [6, 6.07) is 1.79. The lowest BCUT2D eigenvalue weighted by Crippen LogP contribution is -2.40. The summed E-state index contributed by atoms with van der Waals surface area (Å²) in [5.41, 5.74) is 1.13. The summed E-state index contributed by atoms with van der Waals surface area (Å²) >= 11 is 0. The van der Waals surface area contributed by atoms with Crippen LogP contribution < -0.4 is 14.8 Å². The minimum atomic E-state index is -0.522. The first-order valence-corrected chi connectivity index (χ1v) is 7.78. The van der Waals surface area contributed by atoms with Gasteiger partial charge < -0.3 is 19.5 Å². The Kier molecular flexibility index (Phi) is 6.66. The lowest BCUT2D eigenvalue weighted by atomic mass is 10.1. The fourth-order valence-corrected chi connectivity index (χ4v) is 2.14. The Labute approximate surface area is 138 Å². The van der Waals surface area contributed by atoms with Crippen molar-refractivity contribution in [3.05, 3.63) is 17.3 Å². The molecule has 1 amide bonds. The predicted octanol–water partition coefficient (Wildman–Crippen LogP) is 3.25. The van der Waals surface area contributed by atoms with Gasteiger partial charge in [-0.1, -0.05) is 6.92 Å². The lowest BCUT2D eigenvalue weighted by molar-refractivity contribution is 0.0502. The van der Waals surface area contributed by atoms with E-state index in [0.29, 0.717) is 18.1 Å². The van der Waals surface area contributed by atoms with Crippen LogP contribution in [-0.4, -0.2) is 36.9 Å². The van der Waals surface area contributed by atoms with Crippen molar-refractivity contribution in [3.8, 4) is 11.6 Å².